The molecule has 0 bridgehead atoms. The fraction of sp³-hybridized carbons (Fsp3) is 0.0769. The standard InChI is InChI=1S/C13H6BrCl2F3/c14-9-2-1-6(15)3-8(9)13(16)12-10(18)4-7(17)5-11(12)19/h1-5,13H. The molecule has 2 aromatic rings. The van der Waals surface area contributed by atoms with Gasteiger partial charge in [-0.05, 0) is 23.8 Å². The van der Waals surface area contributed by atoms with Gasteiger partial charge in [0.1, 0.15) is 17.5 Å². The maximum atomic E-state index is 13.7. The summed E-state index contributed by atoms with van der Waals surface area (Å²) in [6.07, 6.45) is 0. The van der Waals surface area contributed by atoms with Crippen LogP contribution in [0.1, 0.15) is 16.5 Å². The fourth-order valence-corrected chi connectivity index (χ4v) is 2.84. The van der Waals surface area contributed by atoms with E-state index in [-0.39, 0.29) is 0 Å². The predicted octanol–water partition coefficient (Wildman–Crippen LogP) is 5.85. The number of hydrogen-bond acceptors (Lipinski definition) is 0. The molecule has 19 heavy (non-hydrogen) atoms. The van der Waals surface area contributed by atoms with Gasteiger partial charge in [0.05, 0.1) is 5.38 Å². The fourth-order valence-electron chi connectivity index (χ4n) is 1.66. The van der Waals surface area contributed by atoms with Crippen LogP contribution in [0.4, 0.5) is 13.2 Å². The highest BCUT2D eigenvalue weighted by atomic mass is 79.9. The van der Waals surface area contributed by atoms with Gasteiger partial charge in [-0.2, -0.15) is 0 Å². The zero-order valence-corrected chi connectivity index (χ0v) is 12.3. The van der Waals surface area contributed by atoms with Crippen LogP contribution < -0.4 is 0 Å². The number of halogens is 6. The van der Waals surface area contributed by atoms with Crippen molar-refractivity contribution >= 4 is 39.1 Å². The summed E-state index contributed by atoms with van der Waals surface area (Å²) in [5.74, 6) is -3.07. The van der Waals surface area contributed by atoms with Gasteiger partial charge >= 0.3 is 0 Å². The van der Waals surface area contributed by atoms with Gasteiger partial charge in [0.2, 0.25) is 0 Å². The second-order valence-electron chi connectivity index (χ2n) is 3.81. The van der Waals surface area contributed by atoms with Gasteiger partial charge in [-0.25, -0.2) is 13.2 Å². The van der Waals surface area contributed by atoms with Crippen LogP contribution in [-0.4, -0.2) is 0 Å². The summed E-state index contributed by atoms with van der Waals surface area (Å²) in [5, 5.41) is -0.736. The van der Waals surface area contributed by atoms with E-state index < -0.39 is 28.4 Å². The Labute approximate surface area is 126 Å². The second kappa shape index (κ2) is 5.73. The first kappa shape index (κ1) is 14.7. The Hall–Kier alpha value is -0.710. The van der Waals surface area contributed by atoms with Gasteiger partial charge in [-0.1, -0.05) is 27.5 Å². The minimum absolute atomic E-state index is 0.381. The third kappa shape index (κ3) is 3.07. The summed E-state index contributed by atoms with van der Waals surface area (Å²) in [6.45, 7) is 0. The third-order valence-electron chi connectivity index (χ3n) is 2.53. The molecule has 0 radical (unpaired) electrons. The van der Waals surface area contributed by atoms with Crippen LogP contribution in [0.3, 0.4) is 0 Å². The maximum absolute atomic E-state index is 13.7. The van der Waals surface area contributed by atoms with Crippen molar-refractivity contribution in [1.82, 2.24) is 0 Å². The van der Waals surface area contributed by atoms with E-state index in [0.717, 1.165) is 0 Å². The Balaban J connectivity index is 2.56. The van der Waals surface area contributed by atoms with Gasteiger partial charge in [-0.3, -0.25) is 0 Å². The van der Waals surface area contributed by atoms with Crippen LogP contribution >= 0.6 is 39.1 Å². The van der Waals surface area contributed by atoms with Crippen LogP contribution in [0, 0.1) is 17.5 Å². The second-order valence-corrected chi connectivity index (χ2v) is 5.54. The molecule has 0 amide bonds. The lowest BCUT2D eigenvalue weighted by molar-refractivity contribution is 0.526. The van der Waals surface area contributed by atoms with Crippen molar-refractivity contribution in [1.29, 1.82) is 0 Å². The molecule has 0 heterocycles. The molecule has 0 N–H and O–H groups in total. The average Bonchev–Trinajstić information content (AvgIpc) is 2.30. The summed E-state index contributed by atoms with van der Waals surface area (Å²) >= 11 is 15.1. The van der Waals surface area contributed by atoms with Crippen LogP contribution in [0.2, 0.25) is 5.02 Å². The van der Waals surface area contributed by atoms with E-state index in [9.17, 15) is 13.2 Å². The van der Waals surface area contributed by atoms with Crippen molar-refractivity contribution in [3.8, 4) is 0 Å². The lowest BCUT2D eigenvalue weighted by Crippen LogP contribution is -2.03. The Morgan fingerprint density at radius 2 is 1.58 bits per heavy atom. The molecule has 0 saturated heterocycles. The van der Waals surface area contributed by atoms with E-state index in [1.165, 1.54) is 6.07 Å². The summed E-state index contributed by atoms with van der Waals surface area (Å²) < 4.78 is 40.8. The molecule has 1 unspecified atom stereocenters. The summed E-state index contributed by atoms with van der Waals surface area (Å²) in [5.41, 5.74) is -0.00962. The van der Waals surface area contributed by atoms with Gasteiger partial charge in [0.15, 0.2) is 0 Å². The number of benzene rings is 2. The van der Waals surface area contributed by atoms with Crippen molar-refractivity contribution in [2.75, 3.05) is 0 Å². The van der Waals surface area contributed by atoms with E-state index in [1.807, 2.05) is 0 Å². The van der Waals surface area contributed by atoms with E-state index in [1.54, 1.807) is 12.1 Å². The van der Waals surface area contributed by atoms with Crippen molar-refractivity contribution in [2.24, 2.45) is 0 Å². The lowest BCUT2D eigenvalue weighted by Gasteiger charge is -2.14. The molecule has 0 aliphatic heterocycles. The van der Waals surface area contributed by atoms with Crippen molar-refractivity contribution in [3.63, 3.8) is 0 Å². The molecule has 0 saturated carbocycles. The van der Waals surface area contributed by atoms with E-state index in [0.29, 0.717) is 27.2 Å². The smallest absolute Gasteiger partial charge is 0.134 e. The van der Waals surface area contributed by atoms with Crippen LogP contribution in [0.15, 0.2) is 34.8 Å². The van der Waals surface area contributed by atoms with Crippen molar-refractivity contribution in [3.05, 3.63) is 68.4 Å². The molecule has 0 aromatic heterocycles. The maximum Gasteiger partial charge on any atom is 0.134 e. The molecular formula is C13H6BrCl2F3. The molecule has 1 atom stereocenters. The highest BCUT2D eigenvalue weighted by Crippen LogP contribution is 2.37. The Morgan fingerprint density at radius 3 is 2.16 bits per heavy atom. The first-order valence-corrected chi connectivity index (χ1v) is 6.74. The molecule has 0 fully saturated rings. The molecule has 2 aromatic carbocycles. The quantitative estimate of drug-likeness (QED) is 0.582. The molecular weight excluding hydrogens is 364 g/mol. The molecule has 0 spiro atoms. The highest BCUT2D eigenvalue weighted by Gasteiger charge is 2.23. The molecule has 100 valence electrons. The Morgan fingerprint density at radius 1 is 1.00 bits per heavy atom. The monoisotopic (exact) mass is 368 g/mol. The average molecular weight is 370 g/mol. The first-order valence-electron chi connectivity index (χ1n) is 5.13. The summed E-state index contributed by atoms with van der Waals surface area (Å²) in [7, 11) is 0. The minimum atomic E-state index is -1.12. The van der Waals surface area contributed by atoms with E-state index in [2.05, 4.69) is 15.9 Å². The van der Waals surface area contributed by atoms with E-state index in [4.69, 9.17) is 23.2 Å². The van der Waals surface area contributed by atoms with Gasteiger partial charge in [0, 0.05) is 27.2 Å². The summed E-state index contributed by atoms with van der Waals surface area (Å²) in [6, 6.07) is 5.90. The molecule has 0 aliphatic carbocycles. The zero-order valence-electron chi connectivity index (χ0n) is 9.23. The van der Waals surface area contributed by atoms with Crippen LogP contribution in [-0.2, 0) is 0 Å². The van der Waals surface area contributed by atoms with Crippen LogP contribution in [0.25, 0.3) is 0 Å². The normalized spacial score (nSPS) is 12.5. The predicted molar refractivity (Wildman–Crippen MR) is 73.2 cm³/mol. The van der Waals surface area contributed by atoms with Gasteiger partial charge in [0.25, 0.3) is 0 Å². The Kier molecular flexibility index (Phi) is 4.43. The zero-order chi connectivity index (χ0) is 14.2. The number of rotatable bonds is 2. The SMILES string of the molecule is Fc1cc(F)c(C(Cl)c2cc(Cl)ccc2Br)c(F)c1. The largest absolute Gasteiger partial charge is 0.207 e. The van der Waals surface area contributed by atoms with Gasteiger partial charge in [-0.15, -0.1) is 11.6 Å². The molecule has 0 aliphatic rings. The van der Waals surface area contributed by atoms with Crippen molar-refractivity contribution in [2.45, 2.75) is 5.38 Å². The summed E-state index contributed by atoms with van der Waals surface area (Å²) in [4.78, 5) is 0. The number of hydrogen-bond donors (Lipinski definition) is 0. The van der Waals surface area contributed by atoms with Crippen LogP contribution in [0.5, 0.6) is 0 Å². The van der Waals surface area contributed by atoms with E-state index >= 15 is 0 Å². The first-order chi connectivity index (χ1) is 8.90. The highest BCUT2D eigenvalue weighted by molar-refractivity contribution is 9.10. The minimum Gasteiger partial charge on any atom is -0.207 e. The lowest BCUT2D eigenvalue weighted by atomic mass is 10.0. The topological polar surface area (TPSA) is 0 Å². The van der Waals surface area contributed by atoms with Gasteiger partial charge < -0.3 is 0 Å². The van der Waals surface area contributed by atoms with Crippen molar-refractivity contribution < 1.29 is 13.2 Å². The molecule has 6 heteroatoms. The Bertz CT molecular complexity index is 608. The third-order valence-corrected chi connectivity index (χ3v) is 3.94. The number of alkyl halides is 1. The molecule has 2 rings (SSSR count). The molecule has 0 nitrogen and oxygen atoms in total.